The zero-order chi connectivity index (χ0) is 27.6. The molecule has 0 aliphatic carbocycles. The maximum atomic E-state index is 13.8. The number of nitro benzene ring substituents is 1. The fraction of sp³-hybridized carbons (Fsp3) is 0.321. The van der Waals surface area contributed by atoms with Crippen LogP contribution in [-0.2, 0) is 9.53 Å². The van der Waals surface area contributed by atoms with Gasteiger partial charge >= 0.3 is 11.7 Å². The summed E-state index contributed by atoms with van der Waals surface area (Å²) in [5.74, 6) is -0.654. The molecule has 0 amide bonds. The highest BCUT2D eigenvalue weighted by Crippen LogP contribution is 2.33. The smallest absolute Gasteiger partial charge is 0.338 e. The number of carbonyl (C=O) groups excluding carboxylic acids is 1. The van der Waals surface area contributed by atoms with Gasteiger partial charge in [0, 0.05) is 6.07 Å². The number of hydrogen-bond acceptors (Lipinski definition) is 8. The van der Waals surface area contributed by atoms with Crippen molar-refractivity contribution < 1.29 is 19.6 Å². The average Bonchev–Trinajstić information content (AvgIpc) is 3.19. The lowest BCUT2D eigenvalue weighted by molar-refractivity contribution is -0.385. The first kappa shape index (κ1) is 27.0. The Balaban J connectivity index is 1.97. The second kappa shape index (κ2) is 11.1. The standard InChI is InChI=1S/C28H29N3O6S/c1-5-7-20-24(27(34)37-6-2)25(19-11-9-18(10-12-19)16(3)4)30-26(33)23(38-28(30)29-20)15-17-8-13-22(32)21(14-17)31(35)36/h8-16,25,32H,5-7H2,1-4H3/b23-15-/t25-/m0/s1. The molecule has 10 heteroatoms. The van der Waals surface area contributed by atoms with Gasteiger partial charge in [-0.25, -0.2) is 9.79 Å². The highest BCUT2D eigenvalue weighted by molar-refractivity contribution is 7.07. The van der Waals surface area contributed by atoms with E-state index in [-0.39, 0.29) is 12.2 Å². The minimum absolute atomic E-state index is 0.185. The third kappa shape index (κ3) is 5.17. The van der Waals surface area contributed by atoms with Crippen molar-refractivity contribution >= 4 is 29.1 Å². The Kier molecular flexibility index (Phi) is 7.91. The van der Waals surface area contributed by atoms with Crippen LogP contribution in [0.3, 0.4) is 0 Å². The first-order valence-corrected chi connectivity index (χ1v) is 13.3. The molecule has 2 aromatic carbocycles. The van der Waals surface area contributed by atoms with E-state index in [0.29, 0.717) is 38.5 Å². The quantitative estimate of drug-likeness (QED) is 0.260. The van der Waals surface area contributed by atoms with Crippen LogP contribution in [0.25, 0.3) is 6.08 Å². The number of phenols is 1. The Morgan fingerprint density at radius 1 is 1.24 bits per heavy atom. The largest absolute Gasteiger partial charge is 0.502 e. The van der Waals surface area contributed by atoms with Gasteiger partial charge in [0.2, 0.25) is 0 Å². The van der Waals surface area contributed by atoms with Crippen molar-refractivity contribution in [3.63, 3.8) is 0 Å². The predicted molar refractivity (Wildman–Crippen MR) is 145 cm³/mol. The van der Waals surface area contributed by atoms with E-state index >= 15 is 0 Å². The summed E-state index contributed by atoms with van der Waals surface area (Å²) in [6.07, 6.45) is 2.80. The molecular weight excluding hydrogens is 506 g/mol. The number of thiazole rings is 1. The molecule has 4 rings (SSSR count). The van der Waals surface area contributed by atoms with Crippen molar-refractivity contribution in [3.05, 3.63) is 100 Å². The number of ether oxygens (including phenoxy) is 1. The van der Waals surface area contributed by atoms with Crippen molar-refractivity contribution in [2.45, 2.75) is 52.5 Å². The lowest BCUT2D eigenvalue weighted by Crippen LogP contribution is -2.40. The van der Waals surface area contributed by atoms with Crippen LogP contribution >= 0.6 is 11.3 Å². The molecule has 0 fully saturated rings. The Morgan fingerprint density at radius 3 is 2.55 bits per heavy atom. The maximum Gasteiger partial charge on any atom is 0.338 e. The minimum Gasteiger partial charge on any atom is -0.502 e. The second-order valence-electron chi connectivity index (χ2n) is 9.24. The Hall–Kier alpha value is -4.05. The van der Waals surface area contributed by atoms with E-state index in [1.807, 2.05) is 31.2 Å². The molecule has 3 aromatic rings. The van der Waals surface area contributed by atoms with E-state index in [1.165, 1.54) is 28.8 Å². The summed E-state index contributed by atoms with van der Waals surface area (Å²) in [6, 6.07) is 11.0. The van der Waals surface area contributed by atoms with Gasteiger partial charge in [0.25, 0.3) is 5.56 Å². The van der Waals surface area contributed by atoms with Crippen LogP contribution in [0.15, 0.2) is 63.5 Å². The Morgan fingerprint density at radius 2 is 1.95 bits per heavy atom. The first-order chi connectivity index (χ1) is 18.2. The van der Waals surface area contributed by atoms with Crippen molar-refractivity contribution in [1.29, 1.82) is 0 Å². The molecule has 1 aromatic heterocycles. The zero-order valence-electron chi connectivity index (χ0n) is 21.6. The molecular formula is C28H29N3O6S. The van der Waals surface area contributed by atoms with E-state index < -0.39 is 28.4 Å². The second-order valence-corrected chi connectivity index (χ2v) is 10.2. The number of aromatic hydroxyl groups is 1. The lowest BCUT2D eigenvalue weighted by atomic mass is 9.92. The van der Waals surface area contributed by atoms with Gasteiger partial charge in [0.15, 0.2) is 10.6 Å². The lowest BCUT2D eigenvalue weighted by Gasteiger charge is -2.26. The molecule has 9 nitrogen and oxygen atoms in total. The molecule has 1 atom stereocenters. The summed E-state index contributed by atoms with van der Waals surface area (Å²) in [5, 5.41) is 21.1. The van der Waals surface area contributed by atoms with Gasteiger partial charge in [-0.15, -0.1) is 0 Å². The van der Waals surface area contributed by atoms with E-state index in [9.17, 15) is 24.8 Å². The molecule has 1 aliphatic heterocycles. The molecule has 0 unspecified atom stereocenters. The molecule has 0 saturated carbocycles. The minimum atomic E-state index is -0.732. The topological polar surface area (TPSA) is 124 Å². The SMILES string of the molecule is CCCC1=C(C(=O)OCC)[C@H](c2ccc(C(C)C)cc2)n2c(s/c(=C\c3ccc(O)c([N+](=O)[O-])c3)c2=O)=N1. The van der Waals surface area contributed by atoms with Crippen LogP contribution in [0.1, 0.15) is 69.2 Å². The van der Waals surface area contributed by atoms with Crippen molar-refractivity contribution in [2.24, 2.45) is 4.99 Å². The van der Waals surface area contributed by atoms with Gasteiger partial charge in [0.1, 0.15) is 0 Å². The molecule has 1 N–H and O–H groups in total. The Labute approximate surface area is 223 Å². The van der Waals surface area contributed by atoms with Crippen LogP contribution in [0.2, 0.25) is 0 Å². The number of nitro groups is 1. The number of hydrogen-bond donors (Lipinski definition) is 1. The normalized spacial score (nSPS) is 15.4. The summed E-state index contributed by atoms with van der Waals surface area (Å²) < 4.78 is 7.21. The number of phenolic OH excluding ortho intramolecular Hbond substituents is 1. The number of allylic oxidation sites excluding steroid dienone is 1. The number of benzene rings is 2. The van der Waals surface area contributed by atoms with Crippen molar-refractivity contribution in [2.75, 3.05) is 6.61 Å². The van der Waals surface area contributed by atoms with Gasteiger partial charge in [-0.3, -0.25) is 19.5 Å². The van der Waals surface area contributed by atoms with Gasteiger partial charge in [-0.05, 0) is 48.1 Å². The van der Waals surface area contributed by atoms with Gasteiger partial charge < -0.3 is 9.84 Å². The number of carbonyl (C=O) groups is 1. The third-order valence-corrected chi connectivity index (χ3v) is 7.29. The fourth-order valence-corrected chi connectivity index (χ4v) is 5.45. The monoisotopic (exact) mass is 535 g/mol. The Bertz CT molecular complexity index is 1600. The number of fused-ring (bicyclic) bond motifs is 1. The molecule has 0 bridgehead atoms. The summed E-state index contributed by atoms with van der Waals surface area (Å²) >= 11 is 1.15. The number of nitrogens with zero attached hydrogens (tertiary/aromatic N) is 3. The molecule has 198 valence electrons. The van der Waals surface area contributed by atoms with E-state index in [2.05, 4.69) is 13.8 Å². The van der Waals surface area contributed by atoms with E-state index in [4.69, 9.17) is 9.73 Å². The van der Waals surface area contributed by atoms with E-state index in [0.717, 1.165) is 28.9 Å². The summed E-state index contributed by atoms with van der Waals surface area (Å²) in [6.45, 7) is 8.09. The van der Waals surface area contributed by atoms with Crippen LogP contribution in [-0.4, -0.2) is 27.2 Å². The summed E-state index contributed by atoms with van der Waals surface area (Å²) in [4.78, 5) is 42.8. The zero-order valence-corrected chi connectivity index (χ0v) is 22.4. The molecule has 0 saturated heterocycles. The highest BCUT2D eigenvalue weighted by Gasteiger charge is 2.34. The number of esters is 1. The predicted octanol–water partition coefficient (Wildman–Crippen LogP) is 4.32. The fourth-order valence-electron chi connectivity index (χ4n) is 4.43. The van der Waals surface area contributed by atoms with Crippen LogP contribution in [0.5, 0.6) is 5.75 Å². The molecule has 1 aliphatic rings. The summed E-state index contributed by atoms with van der Waals surface area (Å²) in [7, 11) is 0. The van der Waals surface area contributed by atoms with Crippen LogP contribution in [0, 0.1) is 10.1 Å². The first-order valence-electron chi connectivity index (χ1n) is 12.4. The molecule has 0 spiro atoms. The highest BCUT2D eigenvalue weighted by atomic mass is 32.1. The van der Waals surface area contributed by atoms with Gasteiger partial charge in [-0.1, -0.05) is 68.9 Å². The third-order valence-electron chi connectivity index (χ3n) is 6.30. The van der Waals surface area contributed by atoms with E-state index in [1.54, 1.807) is 6.92 Å². The molecule has 2 heterocycles. The van der Waals surface area contributed by atoms with Crippen molar-refractivity contribution in [1.82, 2.24) is 4.57 Å². The van der Waals surface area contributed by atoms with Crippen LogP contribution in [0.4, 0.5) is 5.69 Å². The number of rotatable bonds is 8. The van der Waals surface area contributed by atoms with Crippen LogP contribution < -0.4 is 14.9 Å². The molecule has 0 radical (unpaired) electrons. The average molecular weight is 536 g/mol. The van der Waals surface area contributed by atoms with Crippen molar-refractivity contribution in [3.8, 4) is 5.75 Å². The maximum absolute atomic E-state index is 13.8. The number of aromatic nitrogens is 1. The molecule has 38 heavy (non-hydrogen) atoms. The van der Waals surface area contributed by atoms with Gasteiger partial charge in [-0.2, -0.15) is 0 Å². The summed E-state index contributed by atoms with van der Waals surface area (Å²) in [5.41, 5.74) is 2.36. The van der Waals surface area contributed by atoms with Gasteiger partial charge in [0.05, 0.1) is 33.4 Å².